The quantitative estimate of drug-likeness (QED) is 0.0496. The van der Waals surface area contributed by atoms with E-state index < -0.39 is 24.6 Å². The Bertz CT molecular complexity index is 2990. The smallest absolute Gasteiger partial charge is 0.497 e. The molecule has 7 unspecified atom stereocenters. The van der Waals surface area contributed by atoms with E-state index in [2.05, 4.69) is 55.9 Å². The van der Waals surface area contributed by atoms with Crippen LogP contribution in [-0.2, 0) is 44.9 Å². The predicted octanol–water partition coefficient (Wildman–Crippen LogP) is 14.1. The number of hydrogen-bond acceptors (Lipinski definition) is 12. The average Bonchev–Trinajstić information content (AvgIpc) is 0.949. The van der Waals surface area contributed by atoms with E-state index in [4.69, 9.17) is 79.0 Å². The van der Waals surface area contributed by atoms with Crippen LogP contribution < -0.4 is 40.2 Å². The molecule has 12 N–H and O–H groups in total. The normalized spacial score (nSPS) is 20.3. The van der Waals surface area contributed by atoms with Gasteiger partial charge in [0.2, 0.25) is 23.6 Å². The first-order valence-corrected chi connectivity index (χ1v) is 33.1. The first-order chi connectivity index (χ1) is 45.7. The number of methoxy groups -OCH3 is 4. The van der Waals surface area contributed by atoms with Crippen molar-refractivity contribution in [3.63, 3.8) is 0 Å². The Hall–Kier alpha value is -8.96. The molecule has 7 atom stereocenters. The van der Waals surface area contributed by atoms with Gasteiger partial charge in [0.25, 0.3) is 0 Å². The summed E-state index contributed by atoms with van der Waals surface area (Å²) < 4.78 is 20.8. The van der Waals surface area contributed by atoms with Crippen LogP contribution in [0.1, 0.15) is 175 Å². The molecule has 24 heteroatoms. The van der Waals surface area contributed by atoms with Crippen molar-refractivity contribution in [3.05, 3.63) is 117 Å². The monoisotopic (exact) mass is 1360 g/mol. The van der Waals surface area contributed by atoms with Crippen molar-refractivity contribution >= 4 is 48.3 Å². The molecule has 97 heavy (non-hydrogen) atoms. The Morgan fingerprint density at radius 1 is 0.340 bits per heavy atom. The minimum atomic E-state index is -1.83. The summed E-state index contributed by atoms with van der Waals surface area (Å²) in [4.78, 5) is 82.9. The van der Waals surface area contributed by atoms with Crippen LogP contribution in [0.15, 0.2) is 72.8 Å². The molecule has 0 aromatic heterocycles. The first kappa shape index (κ1) is 86.1. The van der Waals surface area contributed by atoms with Crippen LogP contribution in [0.25, 0.3) is 0 Å². The van der Waals surface area contributed by atoms with Gasteiger partial charge in [-0.1, -0.05) is 84.6 Å². The highest BCUT2D eigenvalue weighted by molar-refractivity contribution is 5.81. The fourth-order valence-corrected chi connectivity index (χ4v) is 11.9. The van der Waals surface area contributed by atoms with Crippen molar-refractivity contribution in [2.45, 2.75) is 208 Å². The second-order valence-electron chi connectivity index (χ2n) is 25.5. The van der Waals surface area contributed by atoms with E-state index in [0.717, 1.165) is 130 Å². The molecule has 0 spiro atoms. The van der Waals surface area contributed by atoms with E-state index >= 15 is 0 Å². The molecule has 24 nitrogen and oxygen atoms in total. The van der Waals surface area contributed by atoms with E-state index in [-0.39, 0.29) is 23.6 Å². The van der Waals surface area contributed by atoms with Gasteiger partial charge in [0.1, 0.15) is 23.0 Å². The molecule has 8 rings (SSSR count). The zero-order chi connectivity index (χ0) is 73.3. The van der Waals surface area contributed by atoms with E-state index in [9.17, 15) is 19.2 Å². The third kappa shape index (κ3) is 39.0. The lowest BCUT2D eigenvalue weighted by Gasteiger charge is -2.32. The molecule has 0 heterocycles. The lowest BCUT2D eigenvalue weighted by atomic mass is 9.79. The van der Waals surface area contributed by atoms with Gasteiger partial charge in [-0.15, -0.1) is 0 Å². The van der Waals surface area contributed by atoms with Crippen LogP contribution in [0, 0.1) is 57.3 Å². The molecule has 4 saturated carbocycles. The standard InChI is InChI=1S/C18H27NO2.3C17H25NO2.4CH2O3/c1-12-5-7-16(9-13(12)2)19-18(20)11-15-6-8-17(21-4)10-14(15)3;1-12-4-7-15(8-5-12)18-17(19)11-14-6-9-16(20-3)10-13(14)2;1-12-5-4-6-15(9-12)18-17(19)11-14-7-8-16(20-3)10-13(14)2;1-12-6-4-5-7-16(12)18-17(19)11-14-8-9-15(20-3)10-13(14)2;4*2-1(3)4/h6,8,10,12-13,16H,5,7,9,11H2,1-4H3,(H,19,20);6,9-10,12,15H,4-5,7-8,11H2,1-3H3,(H,18,19);7-8,10,12,15H,4-6,9,11H2,1-3H3,(H,18,19);8-10,12,16H,4-7,11H2,1-3H3,(H,18,19);4*(H2,2,3,4). The number of benzene rings is 4. The molecule has 0 radical (unpaired) electrons. The summed E-state index contributed by atoms with van der Waals surface area (Å²) in [6.45, 7) is 19.5. The van der Waals surface area contributed by atoms with Crippen molar-refractivity contribution in [3.8, 4) is 23.0 Å². The summed E-state index contributed by atoms with van der Waals surface area (Å²) in [5.74, 6) is 7.53. The van der Waals surface area contributed by atoms with Crippen molar-refractivity contribution in [2.75, 3.05) is 28.4 Å². The first-order valence-electron chi connectivity index (χ1n) is 33.1. The van der Waals surface area contributed by atoms with Crippen molar-refractivity contribution < 1.29 is 98.2 Å². The number of carboxylic acid groups (broad SMARTS) is 8. The molecule has 4 aliphatic rings. The number of ether oxygens (including phenoxy) is 4. The molecular weight excluding hydrogens is 1250 g/mol. The Balaban J connectivity index is 0.000000600. The van der Waals surface area contributed by atoms with E-state index in [0.29, 0.717) is 61.7 Å². The number of amides is 4. The molecule has 4 aromatic rings. The fourth-order valence-electron chi connectivity index (χ4n) is 11.9. The van der Waals surface area contributed by atoms with Crippen molar-refractivity contribution in [1.29, 1.82) is 0 Å². The molecule has 0 saturated heterocycles. The van der Waals surface area contributed by atoms with E-state index in [1.165, 1.54) is 51.4 Å². The summed E-state index contributed by atoms with van der Waals surface area (Å²) in [5.41, 5.74) is 8.73. The third-order valence-corrected chi connectivity index (χ3v) is 17.7. The summed E-state index contributed by atoms with van der Waals surface area (Å²) >= 11 is 0. The largest absolute Gasteiger partial charge is 0.503 e. The SMILES string of the molecule is COc1ccc(CC(=O)NC2CCC(C)C(C)C2)c(C)c1.COc1ccc(CC(=O)NC2CCC(C)CC2)c(C)c1.COc1ccc(CC(=O)NC2CCCC(C)C2)c(C)c1.COc1ccc(CC(=O)NC2CCCCC2C)c(C)c1.O=C(O)O.O=C(O)O.O=C(O)O.O=C(O)O. The summed E-state index contributed by atoms with van der Waals surface area (Å²) in [7, 11) is 6.63. The van der Waals surface area contributed by atoms with E-state index in [1.54, 1.807) is 28.4 Å². The lowest BCUT2D eigenvalue weighted by Crippen LogP contribution is -2.41. The molecule has 0 bridgehead atoms. The number of nitrogens with one attached hydrogen (secondary N) is 4. The van der Waals surface area contributed by atoms with Gasteiger partial charge < -0.3 is 81.1 Å². The number of aryl methyl sites for hydroxylation is 4. The number of carbonyl (C=O) groups excluding carboxylic acids is 4. The molecule has 4 aromatic carbocycles. The second-order valence-corrected chi connectivity index (χ2v) is 25.5. The van der Waals surface area contributed by atoms with Gasteiger partial charge in [-0.3, -0.25) is 19.2 Å². The molecule has 4 amide bonds. The molecule has 4 aliphatic carbocycles. The minimum Gasteiger partial charge on any atom is -0.497 e. The van der Waals surface area contributed by atoms with Crippen LogP contribution >= 0.6 is 0 Å². The predicted molar refractivity (Wildman–Crippen MR) is 371 cm³/mol. The van der Waals surface area contributed by atoms with Gasteiger partial charge in [-0.05, 0) is 221 Å². The highest BCUT2D eigenvalue weighted by Crippen LogP contribution is 2.31. The van der Waals surface area contributed by atoms with Gasteiger partial charge in [0.15, 0.2) is 0 Å². The van der Waals surface area contributed by atoms with Crippen LogP contribution in [0.3, 0.4) is 0 Å². The van der Waals surface area contributed by atoms with Crippen LogP contribution in [0.5, 0.6) is 23.0 Å². The van der Waals surface area contributed by atoms with Crippen molar-refractivity contribution in [1.82, 2.24) is 21.3 Å². The Kier molecular flexibility index (Phi) is 41.7. The number of carbonyl (C=O) groups is 8. The summed E-state index contributed by atoms with van der Waals surface area (Å²) in [6.07, 6.45) is 12.3. The highest BCUT2D eigenvalue weighted by atomic mass is 16.6. The average molecular weight is 1360 g/mol. The second kappa shape index (κ2) is 47.0. The minimum absolute atomic E-state index is 0.134. The van der Waals surface area contributed by atoms with Gasteiger partial charge in [0, 0.05) is 24.2 Å². The topological polar surface area (TPSA) is 383 Å². The molecular formula is C73H110N4O20. The summed E-state index contributed by atoms with van der Waals surface area (Å²) in [6, 6.07) is 25.0. The van der Waals surface area contributed by atoms with Gasteiger partial charge in [0.05, 0.1) is 54.1 Å². The van der Waals surface area contributed by atoms with E-state index in [1.807, 2.05) is 100 Å². The maximum Gasteiger partial charge on any atom is 0.503 e. The zero-order valence-electron chi connectivity index (χ0n) is 59.0. The fraction of sp³-hybridized carbons (Fsp3) is 0.562. The lowest BCUT2D eigenvalue weighted by molar-refractivity contribution is -0.122. The third-order valence-electron chi connectivity index (χ3n) is 17.7. The highest BCUT2D eigenvalue weighted by Gasteiger charge is 2.27. The van der Waals surface area contributed by atoms with Crippen molar-refractivity contribution in [2.24, 2.45) is 29.6 Å². The Labute approximate surface area is 572 Å². The summed E-state index contributed by atoms with van der Waals surface area (Å²) in [5, 5.41) is 68.5. The Morgan fingerprint density at radius 2 is 0.649 bits per heavy atom. The van der Waals surface area contributed by atoms with Crippen LogP contribution in [0.4, 0.5) is 19.2 Å². The number of hydrogen-bond donors (Lipinski definition) is 12. The van der Waals surface area contributed by atoms with Gasteiger partial charge >= 0.3 is 24.6 Å². The van der Waals surface area contributed by atoms with Crippen LogP contribution in [0.2, 0.25) is 0 Å². The molecule has 0 aliphatic heterocycles. The number of rotatable bonds is 16. The van der Waals surface area contributed by atoms with Crippen LogP contribution in [-0.4, -0.2) is 142 Å². The molecule has 542 valence electrons. The van der Waals surface area contributed by atoms with Gasteiger partial charge in [-0.25, -0.2) is 19.2 Å². The maximum atomic E-state index is 12.2. The zero-order valence-corrected chi connectivity index (χ0v) is 59.0. The maximum absolute atomic E-state index is 12.2. The Morgan fingerprint density at radius 3 is 0.959 bits per heavy atom. The van der Waals surface area contributed by atoms with Gasteiger partial charge in [-0.2, -0.15) is 0 Å². The molecule has 4 fully saturated rings.